The Morgan fingerprint density at radius 2 is 2.25 bits per heavy atom. The van der Waals surface area contributed by atoms with Gasteiger partial charge in [-0.2, -0.15) is 0 Å². The molecule has 0 saturated heterocycles. The SMILES string of the molecule is C=C(Br)CNC(C)c1ccc(OC)c(C)c1. The fourth-order valence-electron chi connectivity index (χ4n) is 1.55. The molecule has 0 radical (unpaired) electrons. The smallest absolute Gasteiger partial charge is 0.121 e. The van der Waals surface area contributed by atoms with Gasteiger partial charge in [-0.25, -0.2) is 0 Å². The minimum atomic E-state index is 0.305. The molecule has 0 heterocycles. The molecule has 0 aliphatic heterocycles. The van der Waals surface area contributed by atoms with Gasteiger partial charge in [0.15, 0.2) is 0 Å². The first-order valence-corrected chi connectivity index (χ1v) is 6.05. The van der Waals surface area contributed by atoms with Gasteiger partial charge in [-0.15, -0.1) is 0 Å². The molecule has 0 aromatic heterocycles. The zero-order valence-electron chi connectivity index (χ0n) is 10.0. The molecular formula is C13H18BrNO. The van der Waals surface area contributed by atoms with Crippen LogP contribution in [-0.4, -0.2) is 13.7 Å². The molecule has 0 saturated carbocycles. The number of nitrogens with one attached hydrogen (secondary N) is 1. The molecule has 2 nitrogen and oxygen atoms in total. The topological polar surface area (TPSA) is 21.3 Å². The maximum absolute atomic E-state index is 5.24. The van der Waals surface area contributed by atoms with Crippen molar-refractivity contribution in [1.29, 1.82) is 0 Å². The molecule has 1 N–H and O–H groups in total. The quantitative estimate of drug-likeness (QED) is 0.892. The van der Waals surface area contributed by atoms with E-state index in [1.165, 1.54) is 5.56 Å². The van der Waals surface area contributed by atoms with Crippen molar-refractivity contribution in [3.63, 3.8) is 0 Å². The maximum Gasteiger partial charge on any atom is 0.121 e. The zero-order chi connectivity index (χ0) is 12.1. The summed E-state index contributed by atoms with van der Waals surface area (Å²) < 4.78 is 6.20. The van der Waals surface area contributed by atoms with Crippen LogP contribution < -0.4 is 10.1 Å². The van der Waals surface area contributed by atoms with Crippen LogP contribution in [0.5, 0.6) is 5.75 Å². The molecule has 3 heteroatoms. The van der Waals surface area contributed by atoms with Crippen LogP contribution in [0.1, 0.15) is 24.1 Å². The monoisotopic (exact) mass is 283 g/mol. The van der Waals surface area contributed by atoms with Crippen molar-refractivity contribution in [3.8, 4) is 5.75 Å². The van der Waals surface area contributed by atoms with Crippen molar-refractivity contribution in [1.82, 2.24) is 5.32 Å². The summed E-state index contributed by atoms with van der Waals surface area (Å²) in [5, 5.41) is 3.38. The molecule has 0 aliphatic carbocycles. The minimum absolute atomic E-state index is 0.305. The van der Waals surface area contributed by atoms with Gasteiger partial charge in [-0.05, 0) is 31.0 Å². The maximum atomic E-state index is 5.24. The highest BCUT2D eigenvalue weighted by atomic mass is 79.9. The number of hydrogen-bond donors (Lipinski definition) is 1. The average Bonchev–Trinajstić information content (AvgIpc) is 2.25. The Morgan fingerprint density at radius 3 is 2.75 bits per heavy atom. The molecule has 16 heavy (non-hydrogen) atoms. The van der Waals surface area contributed by atoms with Gasteiger partial charge >= 0.3 is 0 Å². The summed E-state index contributed by atoms with van der Waals surface area (Å²) in [6, 6.07) is 6.54. The standard InChI is InChI=1S/C13H18BrNO/c1-9-7-12(5-6-13(9)16-4)11(3)15-8-10(2)14/h5-7,11,15H,2,8H2,1,3-4H3. The fraction of sp³-hybridized carbons (Fsp3) is 0.385. The molecule has 0 bridgehead atoms. The molecule has 1 unspecified atom stereocenters. The summed E-state index contributed by atoms with van der Waals surface area (Å²) in [7, 11) is 1.69. The number of hydrogen-bond acceptors (Lipinski definition) is 2. The van der Waals surface area contributed by atoms with Crippen LogP contribution in [0.25, 0.3) is 0 Å². The van der Waals surface area contributed by atoms with Crippen LogP contribution in [-0.2, 0) is 0 Å². The first-order chi connectivity index (χ1) is 7.54. The zero-order valence-corrected chi connectivity index (χ0v) is 11.6. The summed E-state index contributed by atoms with van der Waals surface area (Å²) in [5.41, 5.74) is 2.42. The predicted octanol–water partition coefficient (Wildman–Crippen LogP) is 3.56. The van der Waals surface area contributed by atoms with Crippen molar-refractivity contribution < 1.29 is 4.74 Å². The largest absolute Gasteiger partial charge is 0.496 e. The van der Waals surface area contributed by atoms with E-state index < -0.39 is 0 Å². The second-order valence-electron chi connectivity index (χ2n) is 3.85. The van der Waals surface area contributed by atoms with E-state index in [-0.39, 0.29) is 0 Å². The van der Waals surface area contributed by atoms with E-state index in [0.29, 0.717) is 6.04 Å². The third-order valence-electron chi connectivity index (χ3n) is 2.52. The van der Waals surface area contributed by atoms with Crippen LogP contribution >= 0.6 is 15.9 Å². The lowest BCUT2D eigenvalue weighted by Gasteiger charge is -2.15. The summed E-state index contributed by atoms with van der Waals surface area (Å²) in [6.07, 6.45) is 0. The summed E-state index contributed by atoms with van der Waals surface area (Å²) >= 11 is 3.34. The van der Waals surface area contributed by atoms with Crippen LogP contribution in [0.15, 0.2) is 29.3 Å². The Bertz CT molecular complexity index is 376. The predicted molar refractivity (Wildman–Crippen MR) is 72.2 cm³/mol. The fourth-order valence-corrected chi connectivity index (χ4v) is 1.71. The van der Waals surface area contributed by atoms with E-state index in [0.717, 1.165) is 22.3 Å². The molecule has 1 atom stereocenters. The van der Waals surface area contributed by atoms with Gasteiger partial charge in [-0.1, -0.05) is 34.6 Å². The number of halogens is 1. The van der Waals surface area contributed by atoms with E-state index in [1.807, 2.05) is 6.07 Å². The lowest BCUT2D eigenvalue weighted by atomic mass is 10.1. The Labute approximate surface area is 106 Å². The highest BCUT2D eigenvalue weighted by Gasteiger charge is 2.06. The van der Waals surface area contributed by atoms with Crippen molar-refractivity contribution in [2.75, 3.05) is 13.7 Å². The third-order valence-corrected chi connectivity index (χ3v) is 2.80. The van der Waals surface area contributed by atoms with E-state index >= 15 is 0 Å². The third kappa shape index (κ3) is 3.65. The number of rotatable bonds is 5. The van der Waals surface area contributed by atoms with Crippen LogP contribution in [0.3, 0.4) is 0 Å². The normalized spacial score (nSPS) is 12.2. The molecule has 88 valence electrons. The Kier molecular flexibility index (Phi) is 5.03. The summed E-state index contributed by atoms with van der Waals surface area (Å²) in [6.45, 7) is 8.76. The average molecular weight is 284 g/mol. The minimum Gasteiger partial charge on any atom is -0.496 e. The van der Waals surface area contributed by atoms with Gasteiger partial charge in [0, 0.05) is 17.1 Å². The van der Waals surface area contributed by atoms with Gasteiger partial charge in [0.1, 0.15) is 5.75 Å². The molecule has 0 aliphatic rings. The van der Waals surface area contributed by atoms with E-state index in [4.69, 9.17) is 4.74 Å². The van der Waals surface area contributed by atoms with E-state index in [1.54, 1.807) is 7.11 Å². The Hall–Kier alpha value is -0.800. The van der Waals surface area contributed by atoms with Crippen molar-refractivity contribution in [2.24, 2.45) is 0 Å². The highest BCUT2D eigenvalue weighted by molar-refractivity contribution is 9.11. The lowest BCUT2D eigenvalue weighted by Crippen LogP contribution is -2.19. The van der Waals surface area contributed by atoms with E-state index in [2.05, 4.69) is 53.8 Å². The Morgan fingerprint density at radius 1 is 1.56 bits per heavy atom. The van der Waals surface area contributed by atoms with Crippen LogP contribution in [0.4, 0.5) is 0 Å². The molecule has 1 aromatic carbocycles. The van der Waals surface area contributed by atoms with Crippen LogP contribution in [0.2, 0.25) is 0 Å². The molecule has 1 aromatic rings. The van der Waals surface area contributed by atoms with Crippen molar-refractivity contribution >= 4 is 15.9 Å². The molecule has 1 rings (SSSR count). The number of ether oxygens (including phenoxy) is 1. The first kappa shape index (κ1) is 13.3. The highest BCUT2D eigenvalue weighted by Crippen LogP contribution is 2.22. The van der Waals surface area contributed by atoms with Gasteiger partial charge in [0.25, 0.3) is 0 Å². The van der Waals surface area contributed by atoms with Gasteiger partial charge < -0.3 is 10.1 Å². The lowest BCUT2D eigenvalue weighted by molar-refractivity contribution is 0.411. The second kappa shape index (κ2) is 6.06. The molecule has 0 spiro atoms. The van der Waals surface area contributed by atoms with Crippen molar-refractivity contribution in [3.05, 3.63) is 40.4 Å². The molecule has 0 amide bonds. The van der Waals surface area contributed by atoms with Crippen LogP contribution in [0, 0.1) is 6.92 Å². The first-order valence-electron chi connectivity index (χ1n) is 5.25. The summed E-state index contributed by atoms with van der Waals surface area (Å²) in [4.78, 5) is 0. The van der Waals surface area contributed by atoms with E-state index in [9.17, 15) is 0 Å². The van der Waals surface area contributed by atoms with Gasteiger partial charge in [0.05, 0.1) is 7.11 Å². The number of methoxy groups -OCH3 is 1. The van der Waals surface area contributed by atoms with Crippen molar-refractivity contribution in [2.45, 2.75) is 19.9 Å². The summed E-state index contributed by atoms with van der Waals surface area (Å²) in [5.74, 6) is 0.931. The molecular weight excluding hydrogens is 266 g/mol. The van der Waals surface area contributed by atoms with Gasteiger partial charge in [-0.3, -0.25) is 0 Å². The van der Waals surface area contributed by atoms with Gasteiger partial charge in [0.2, 0.25) is 0 Å². The molecule has 0 fully saturated rings. The number of aryl methyl sites for hydroxylation is 1. The Balaban J connectivity index is 2.72. The second-order valence-corrected chi connectivity index (χ2v) is 4.97. The number of benzene rings is 1.